The topological polar surface area (TPSA) is 43.1 Å². The summed E-state index contributed by atoms with van der Waals surface area (Å²) in [6.45, 7) is 2.03. The average Bonchev–Trinajstić information content (AvgIpc) is 2.48. The summed E-state index contributed by atoms with van der Waals surface area (Å²) in [5, 5.41) is 0.898. The molecule has 0 radical (unpaired) electrons. The van der Waals surface area contributed by atoms with Gasteiger partial charge in [-0.15, -0.1) is 0 Å². The second kappa shape index (κ2) is 3.29. The van der Waals surface area contributed by atoms with Gasteiger partial charge in [0.15, 0.2) is 0 Å². The van der Waals surface area contributed by atoms with E-state index in [1.54, 1.807) is 0 Å². The number of hydrogen-bond acceptors (Lipinski definition) is 2. The maximum atomic E-state index is 12.4. The maximum absolute atomic E-state index is 12.4. The van der Waals surface area contributed by atoms with Crippen molar-refractivity contribution < 1.29 is 4.57 Å². The van der Waals surface area contributed by atoms with Gasteiger partial charge in [0.2, 0.25) is 0 Å². The zero-order valence-electron chi connectivity index (χ0n) is 8.23. The number of nitrogens with two attached hydrogens (primary N) is 1. The minimum absolute atomic E-state index is 0.690. The molecule has 1 aliphatic heterocycles. The molecule has 74 valence electrons. The van der Waals surface area contributed by atoms with Gasteiger partial charge in [0.25, 0.3) is 0 Å². The molecule has 1 unspecified atom stereocenters. The first-order chi connectivity index (χ1) is 6.60. The van der Waals surface area contributed by atoms with Gasteiger partial charge in [-0.1, -0.05) is 17.7 Å². The fourth-order valence-electron chi connectivity index (χ4n) is 1.79. The summed E-state index contributed by atoms with van der Waals surface area (Å²) in [5.74, 6) is 1.93. The van der Waals surface area contributed by atoms with Crippen LogP contribution in [0.25, 0.3) is 0 Å². The van der Waals surface area contributed by atoms with Crippen LogP contribution in [-0.2, 0) is 4.57 Å². The SMILES string of the molecule is CC1=CP(=O)(c2cccc(N)c2)CC1. The third-order valence-electron chi connectivity index (χ3n) is 2.57. The van der Waals surface area contributed by atoms with Crippen LogP contribution in [0, 0.1) is 0 Å². The van der Waals surface area contributed by atoms with Crippen molar-refractivity contribution in [2.75, 3.05) is 11.9 Å². The van der Waals surface area contributed by atoms with Crippen LogP contribution in [-0.4, -0.2) is 6.16 Å². The number of hydrogen-bond donors (Lipinski definition) is 1. The first kappa shape index (κ1) is 9.54. The molecule has 1 atom stereocenters. The molecular formula is C11H14NOP. The van der Waals surface area contributed by atoms with Crippen LogP contribution in [0.4, 0.5) is 5.69 Å². The largest absolute Gasteiger partial charge is 0.399 e. The molecule has 2 rings (SSSR count). The second-order valence-electron chi connectivity index (χ2n) is 3.84. The highest BCUT2D eigenvalue weighted by Crippen LogP contribution is 2.52. The minimum atomic E-state index is -2.25. The first-order valence-corrected chi connectivity index (χ1v) is 6.69. The lowest BCUT2D eigenvalue weighted by Crippen LogP contribution is -2.04. The van der Waals surface area contributed by atoms with Crippen molar-refractivity contribution in [3.8, 4) is 0 Å². The molecule has 0 amide bonds. The lowest BCUT2D eigenvalue weighted by molar-refractivity contribution is 0.587. The highest BCUT2D eigenvalue weighted by atomic mass is 31.2. The lowest BCUT2D eigenvalue weighted by atomic mass is 10.3. The molecule has 1 aliphatic rings. The molecular weight excluding hydrogens is 193 g/mol. The Balaban J connectivity index is 2.46. The van der Waals surface area contributed by atoms with Crippen molar-refractivity contribution in [2.45, 2.75) is 13.3 Å². The normalized spacial score (nSPS) is 26.2. The standard InChI is InChI=1S/C11H14NOP/c1-9-5-6-14(13,8-9)11-4-2-3-10(12)7-11/h2-4,7-8H,5-6,12H2,1H3. The van der Waals surface area contributed by atoms with Crippen molar-refractivity contribution in [3.63, 3.8) is 0 Å². The Kier molecular flexibility index (Phi) is 2.24. The quantitative estimate of drug-likeness (QED) is 0.568. The summed E-state index contributed by atoms with van der Waals surface area (Å²) < 4.78 is 12.4. The van der Waals surface area contributed by atoms with Gasteiger partial charge in [0.05, 0.1) is 0 Å². The molecule has 0 aliphatic carbocycles. The highest BCUT2D eigenvalue weighted by molar-refractivity contribution is 7.74. The summed E-state index contributed by atoms with van der Waals surface area (Å²) in [4.78, 5) is 0. The van der Waals surface area contributed by atoms with Gasteiger partial charge in [0, 0.05) is 17.2 Å². The molecule has 0 saturated heterocycles. The fraction of sp³-hybridized carbons (Fsp3) is 0.273. The van der Waals surface area contributed by atoms with E-state index in [9.17, 15) is 4.57 Å². The molecule has 3 heteroatoms. The fourth-order valence-corrected chi connectivity index (χ4v) is 4.56. The zero-order chi connectivity index (χ0) is 10.2. The molecule has 0 aromatic heterocycles. The predicted octanol–water partition coefficient (Wildman–Crippen LogP) is 2.56. The number of rotatable bonds is 1. The monoisotopic (exact) mass is 207 g/mol. The smallest absolute Gasteiger partial charge is 0.136 e. The predicted molar refractivity (Wildman–Crippen MR) is 61.3 cm³/mol. The van der Waals surface area contributed by atoms with E-state index in [2.05, 4.69) is 0 Å². The molecule has 0 bridgehead atoms. The van der Waals surface area contributed by atoms with Crippen LogP contribution in [0.15, 0.2) is 35.7 Å². The molecule has 0 fully saturated rings. The number of benzene rings is 1. The third kappa shape index (κ3) is 1.62. The Hall–Kier alpha value is -1.01. The molecule has 0 saturated carbocycles. The van der Waals surface area contributed by atoms with Gasteiger partial charge in [-0.25, -0.2) is 0 Å². The molecule has 1 aromatic rings. The Morgan fingerprint density at radius 3 is 2.79 bits per heavy atom. The summed E-state index contributed by atoms with van der Waals surface area (Å²) in [5.41, 5.74) is 7.60. The van der Waals surface area contributed by atoms with E-state index >= 15 is 0 Å². The van der Waals surface area contributed by atoms with E-state index in [0.29, 0.717) is 5.69 Å². The van der Waals surface area contributed by atoms with Gasteiger partial charge in [-0.05, 0) is 31.3 Å². The maximum Gasteiger partial charge on any atom is 0.136 e. The van der Waals surface area contributed by atoms with Crippen molar-refractivity contribution in [1.29, 1.82) is 0 Å². The van der Waals surface area contributed by atoms with Gasteiger partial charge < -0.3 is 10.3 Å². The molecule has 0 spiro atoms. The van der Waals surface area contributed by atoms with Crippen LogP contribution in [0.2, 0.25) is 0 Å². The van der Waals surface area contributed by atoms with E-state index in [4.69, 9.17) is 5.73 Å². The van der Waals surface area contributed by atoms with Crippen molar-refractivity contribution in [2.24, 2.45) is 0 Å². The summed E-state index contributed by atoms with van der Waals surface area (Å²) in [6, 6.07) is 7.43. The molecule has 14 heavy (non-hydrogen) atoms. The Labute approximate surface area is 84.2 Å². The first-order valence-electron chi connectivity index (χ1n) is 4.73. The van der Waals surface area contributed by atoms with E-state index < -0.39 is 7.14 Å². The molecule has 1 heterocycles. The van der Waals surface area contributed by atoms with E-state index in [-0.39, 0.29) is 0 Å². The zero-order valence-corrected chi connectivity index (χ0v) is 9.13. The molecule has 2 N–H and O–H groups in total. The van der Waals surface area contributed by atoms with Crippen LogP contribution in [0.1, 0.15) is 13.3 Å². The van der Waals surface area contributed by atoms with Crippen LogP contribution >= 0.6 is 7.14 Å². The van der Waals surface area contributed by atoms with Gasteiger partial charge in [-0.3, -0.25) is 0 Å². The van der Waals surface area contributed by atoms with Crippen molar-refractivity contribution in [3.05, 3.63) is 35.7 Å². The van der Waals surface area contributed by atoms with E-state index in [1.165, 1.54) is 5.57 Å². The summed E-state index contributed by atoms with van der Waals surface area (Å²) in [6.07, 6.45) is 1.72. The number of allylic oxidation sites excluding steroid dienone is 1. The van der Waals surface area contributed by atoms with Crippen molar-refractivity contribution >= 4 is 18.1 Å². The van der Waals surface area contributed by atoms with Gasteiger partial charge in [-0.2, -0.15) is 0 Å². The Bertz CT molecular complexity index is 437. The van der Waals surface area contributed by atoms with Gasteiger partial charge in [0.1, 0.15) is 7.14 Å². The van der Waals surface area contributed by atoms with Crippen LogP contribution < -0.4 is 11.0 Å². The number of anilines is 1. The van der Waals surface area contributed by atoms with Gasteiger partial charge >= 0.3 is 0 Å². The van der Waals surface area contributed by atoms with Crippen LogP contribution in [0.5, 0.6) is 0 Å². The lowest BCUT2D eigenvalue weighted by Gasteiger charge is -2.09. The molecule has 1 aromatic carbocycles. The highest BCUT2D eigenvalue weighted by Gasteiger charge is 2.26. The second-order valence-corrected chi connectivity index (χ2v) is 6.65. The van der Waals surface area contributed by atoms with E-state index in [0.717, 1.165) is 17.9 Å². The minimum Gasteiger partial charge on any atom is -0.399 e. The van der Waals surface area contributed by atoms with Crippen molar-refractivity contribution in [1.82, 2.24) is 0 Å². The summed E-state index contributed by atoms with van der Waals surface area (Å²) in [7, 11) is -2.25. The average molecular weight is 207 g/mol. The Morgan fingerprint density at radius 1 is 1.43 bits per heavy atom. The molecule has 2 nitrogen and oxygen atoms in total. The third-order valence-corrected chi connectivity index (χ3v) is 5.47. The number of nitrogen functional groups attached to an aromatic ring is 1. The van der Waals surface area contributed by atoms with E-state index in [1.807, 2.05) is 37.0 Å². The Morgan fingerprint density at radius 2 is 2.21 bits per heavy atom. The summed E-state index contributed by atoms with van der Waals surface area (Å²) >= 11 is 0. The van der Waals surface area contributed by atoms with Crippen LogP contribution in [0.3, 0.4) is 0 Å².